The number of nitrogens with zero attached hydrogens (tertiary/aromatic N) is 1. The van der Waals surface area contributed by atoms with Crippen molar-refractivity contribution in [3.63, 3.8) is 0 Å². The Labute approximate surface area is 120 Å². The number of phenolic OH excluding ortho intramolecular Hbond substituents is 1. The van der Waals surface area contributed by atoms with Gasteiger partial charge in [-0.2, -0.15) is 0 Å². The number of phenols is 1. The van der Waals surface area contributed by atoms with Crippen LogP contribution in [0.15, 0.2) is 17.1 Å². The van der Waals surface area contributed by atoms with Crippen molar-refractivity contribution in [2.75, 3.05) is 20.0 Å². The lowest BCUT2D eigenvalue weighted by molar-refractivity contribution is -0.141. The molecular formula is C13H15NO5S. The Balaban J connectivity index is 2.48. The van der Waals surface area contributed by atoms with Crippen LogP contribution in [0.2, 0.25) is 0 Å². The maximum Gasteiger partial charge on any atom is 0.332 e. The zero-order valence-corrected chi connectivity index (χ0v) is 12.2. The van der Waals surface area contributed by atoms with Crippen LogP contribution in [-0.2, 0) is 4.79 Å². The topological polar surface area (TPSA) is 88.4 Å². The minimum absolute atomic E-state index is 0.104. The number of hydrogen-bond donors (Lipinski definition) is 2. The molecule has 0 fully saturated rings. The number of carboxylic acids is 1. The molecule has 0 bridgehead atoms. The second-order valence-electron chi connectivity index (χ2n) is 4.48. The van der Waals surface area contributed by atoms with E-state index in [1.54, 1.807) is 19.1 Å². The number of carboxylic acid groups (broad SMARTS) is 1. The van der Waals surface area contributed by atoms with E-state index in [0.29, 0.717) is 22.1 Å². The fourth-order valence-electron chi connectivity index (χ4n) is 1.83. The van der Waals surface area contributed by atoms with Gasteiger partial charge in [0.25, 0.3) is 0 Å². The molecule has 0 aromatic heterocycles. The molecule has 2 rings (SSSR count). The van der Waals surface area contributed by atoms with Gasteiger partial charge in [-0.1, -0.05) is 0 Å². The fraction of sp³-hybridized carbons (Fsp3) is 0.385. The highest BCUT2D eigenvalue weighted by Crippen LogP contribution is 2.42. The van der Waals surface area contributed by atoms with Crippen molar-refractivity contribution in [3.8, 4) is 17.2 Å². The van der Waals surface area contributed by atoms with Crippen LogP contribution in [0, 0.1) is 0 Å². The SMILES string of the molecule is COc1ccc(C2=NC(C)(C(=O)O)CS2)c(O)c1OC. The summed E-state index contributed by atoms with van der Waals surface area (Å²) in [6.45, 7) is 1.55. The van der Waals surface area contributed by atoms with Crippen LogP contribution in [0.1, 0.15) is 12.5 Å². The Morgan fingerprint density at radius 3 is 2.60 bits per heavy atom. The summed E-state index contributed by atoms with van der Waals surface area (Å²) in [7, 11) is 2.90. The first-order valence-corrected chi connectivity index (χ1v) is 6.82. The summed E-state index contributed by atoms with van der Waals surface area (Å²) in [5.41, 5.74) is -0.725. The molecule has 0 aliphatic carbocycles. The molecule has 1 atom stereocenters. The van der Waals surface area contributed by atoms with Crippen molar-refractivity contribution in [2.45, 2.75) is 12.5 Å². The number of aliphatic imine (C=N–C) groups is 1. The molecule has 0 spiro atoms. The number of aromatic hydroxyl groups is 1. The average Bonchev–Trinajstić information content (AvgIpc) is 2.82. The van der Waals surface area contributed by atoms with Crippen LogP contribution >= 0.6 is 11.8 Å². The van der Waals surface area contributed by atoms with Crippen molar-refractivity contribution in [2.24, 2.45) is 4.99 Å². The van der Waals surface area contributed by atoms with Crippen LogP contribution in [0.25, 0.3) is 0 Å². The summed E-state index contributed by atoms with van der Waals surface area (Å²) in [5.74, 6) is -0.158. The number of benzene rings is 1. The van der Waals surface area contributed by atoms with Crippen LogP contribution in [0.5, 0.6) is 17.2 Å². The summed E-state index contributed by atoms with van der Waals surface area (Å²) in [6.07, 6.45) is 0. The molecule has 0 radical (unpaired) electrons. The van der Waals surface area contributed by atoms with Gasteiger partial charge in [0.05, 0.1) is 19.8 Å². The highest BCUT2D eigenvalue weighted by molar-refractivity contribution is 8.14. The Morgan fingerprint density at radius 1 is 1.40 bits per heavy atom. The van der Waals surface area contributed by atoms with Gasteiger partial charge < -0.3 is 19.7 Å². The second kappa shape index (κ2) is 5.24. The smallest absolute Gasteiger partial charge is 0.332 e. The van der Waals surface area contributed by atoms with Gasteiger partial charge in [-0.3, -0.25) is 4.99 Å². The van der Waals surface area contributed by atoms with Crippen molar-refractivity contribution in [1.29, 1.82) is 0 Å². The number of hydrogen-bond acceptors (Lipinski definition) is 6. The summed E-state index contributed by atoms with van der Waals surface area (Å²) >= 11 is 1.29. The molecule has 6 nitrogen and oxygen atoms in total. The van der Waals surface area contributed by atoms with Gasteiger partial charge in [-0.15, -0.1) is 11.8 Å². The Kier molecular flexibility index (Phi) is 3.80. The highest BCUT2D eigenvalue weighted by atomic mass is 32.2. The molecule has 1 heterocycles. The minimum Gasteiger partial charge on any atom is -0.504 e. The average molecular weight is 297 g/mol. The lowest BCUT2D eigenvalue weighted by Gasteiger charge is -2.13. The summed E-state index contributed by atoms with van der Waals surface area (Å²) in [6, 6.07) is 3.28. The third-order valence-corrected chi connectivity index (χ3v) is 4.34. The zero-order valence-electron chi connectivity index (χ0n) is 11.3. The first-order chi connectivity index (χ1) is 9.42. The maximum absolute atomic E-state index is 11.2. The molecule has 1 unspecified atom stereocenters. The Bertz CT molecular complexity index is 586. The van der Waals surface area contributed by atoms with E-state index >= 15 is 0 Å². The van der Waals surface area contributed by atoms with Crippen LogP contribution in [0.3, 0.4) is 0 Å². The van der Waals surface area contributed by atoms with E-state index in [1.165, 1.54) is 26.0 Å². The quantitative estimate of drug-likeness (QED) is 0.880. The third-order valence-electron chi connectivity index (χ3n) is 3.05. The van der Waals surface area contributed by atoms with E-state index in [2.05, 4.69) is 4.99 Å². The molecule has 2 N–H and O–H groups in total. The normalized spacial score (nSPS) is 21.4. The van der Waals surface area contributed by atoms with Gasteiger partial charge in [0, 0.05) is 5.75 Å². The molecule has 1 aromatic carbocycles. The predicted octanol–water partition coefficient (Wildman–Crippen LogP) is 1.75. The van der Waals surface area contributed by atoms with E-state index in [4.69, 9.17) is 14.6 Å². The number of ether oxygens (including phenoxy) is 2. The molecule has 1 aliphatic heterocycles. The molecule has 20 heavy (non-hydrogen) atoms. The zero-order chi connectivity index (χ0) is 14.9. The first-order valence-electron chi connectivity index (χ1n) is 5.83. The Hall–Kier alpha value is -1.89. The van der Waals surface area contributed by atoms with Crippen molar-refractivity contribution >= 4 is 22.8 Å². The summed E-state index contributed by atoms with van der Waals surface area (Å²) in [4.78, 5) is 15.4. The lowest BCUT2D eigenvalue weighted by Crippen LogP contribution is -2.33. The molecule has 0 saturated heterocycles. The maximum atomic E-state index is 11.2. The van der Waals surface area contributed by atoms with Gasteiger partial charge in [-0.25, -0.2) is 4.79 Å². The summed E-state index contributed by atoms with van der Waals surface area (Å²) < 4.78 is 10.2. The molecule has 1 aromatic rings. The number of rotatable bonds is 4. The van der Waals surface area contributed by atoms with Crippen LogP contribution < -0.4 is 9.47 Å². The van der Waals surface area contributed by atoms with Gasteiger partial charge in [0.2, 0.25) is 5.75 Å². The van der Waals surface area contributed by atoms with Crippen molar-refractivity contribution in [1.82, 2.24) is 0 Å². The highest BCUT2D eigenvalue weighted by Gasteiger charge is 2.39. The molecular weight excluding hydrogens is 282 g/mol. The van der Waals surface area contributed by atoms with Crippen LogP contribution in [-0.4, -0.2) is 46.7 Å². The van der Waals surface area contributed by atoms with E-state index in [9.17, 15) is 9.90 Å². The predicted molar refractivity (Wildman–Crippen MR) is 76.2 cm³/mol. The number of carbonyl (C=O) groups is 1. The van der Waals surface area contributed by atoms with E-state index in [-0.39, 0.29) is 11.5 Å². The van der Waals surface area contributed by atoms with Gasteiger partial charge in [0.15, 0.2) is 17.0 Å². The largest absolute Gasteiger partial charge is 0.504 e. The van der Waals surface area contributed by atoms with E-state index in [0.717, 1.165) is 0 Å². The molecule has 7 heteroatoms. The second-order valence-corrected chi connectivity index (χ2v) is 5.45. The fourth-order valence-corrected chi connectivity index (χ4v) is 3.02. The van der Waals surface area contributed by atoms with E-state index < -0.39 is 11.5 Å². The van der Waals surface area contributed by atoms with Gasteiger partial charge >= 0.3 is 5.97 Å². The van der Waals surface area contributed by atoms with Crippen molar-refractivity contribution < 1.29 is 24.5 Å². The molecule has 1 aliphatic rings. The summed E-state index contributed by atoms with van der Waals surface area (Å²) in [5, 5.41) is 19.9. The molecule has 108 valence electrons. The third kappa shape index (κ3) is 2.29. The minimum atomic E-state index is -1.17. The number of methoxy groups -OCH3 is 2. The number of aliphatic carboxylic acids is 1. The van der Waals surface area contributed by atoms with Gasteiger partial charge in [-0.05, 0) is 19.1 Å². The first kappa shape index (κ1) is 14.5. The lowest BCUT2D eigenvalue weighted by atomic mass is 10.1. The standard InChI is InChI=1S/C13H15NO5S/c1-13(12(16)17)6-20-11(14-13)7-4-5-8(18-2)10(19-3)9(7)15/h4-5,15H,6H2,1-3H3,(H,16,17). The number of thioether (sulfide) groups is 1. The Morgan fingerprint density at radius 2 is 2.10 bits per heavy atom. The van der Waals surface area contributed by atoms with E-state index in [1.807, 2.05) is 0 Å². The molecule has 0 saturated carbocycles. The molecule has 0 amide bonds. The van der Waals surface area contributed by atoms with Gasteiger partial charge in [0.1, 0.15) is 5.04 Å². The van der Waals surface area contributed by atoms with Crippen molar-refractivity contribution in [3.05, 3.63) is 17.7 Å². The monoisotopic (exact) mass is 297 g/mol. The van der Waals surface area contributed by atoms with Crippen LogP contribution in [0.4, 0.5) is 0 Å².